The minimum Gasteiger partial charge on any atom is -0.383 e. The average molecular weight is 578 g/mol. The molecule has 1 aliphatic rings. The number of carbonyl (C=O) groups is 2. The number of ether oxygens (including phenoxy) is 1. The SMILES string of the molecule is COCCN(CC(=O)N1N=C(c2ccccc2Cl)C[C@H]1c1ccc(Cl)cc1)C(=O)c1ccc(C(F)(F)F)cc1. The molecule has 0 aliphatic carbocycles. The van der Waals surface area contributed by atoms with E-state index in [4.69, 9.17) is 27.9 Å². The van der Waals surface area contributed by atoms with Crippen LogP contribution in [-0.2, 0) is 15.7 Å². The van der Waals surface area contributed by atoms with Crippen molar-refractivity contribution in [2.24, 2.45) is 5.10 Å². The van der Waals surface area contributed by atoms with Crippen molar-refractivity contribution in [3.63, 3.8) is 0 Å². The summed E-state index contributed by atoms with van der Waals surface area (Å²) in [6.45, 7) is -0.205. The molecule has 0 fully saturated rings. The zero-order valence-corrected chi connectivity index (χ0v) is 22.3. The number of hydrazone groups is 1. The van der Waals surface area contributed by atoms with Gasteiger partial charge >= 0.3 is 6.18 Å². The number of rotatable bonds is 8. The van der Waals surface area contributed by atoms with Crippen molar-refractivity contribution in [2.45, 2.75) is 18.6 Å². The molecule has 0 spiro atoms. The molecule has 0 bridgehead atoms. The maximum atomic E-state index is 13.6. The summed E-state index contributed by atoms with van der Waals surface area (Å²) in [5.74, 6) is -1.08. The monoisotopic (exact) mass is 577 g/mol. The average Bonchev–Trinajstić information content (AvgIpc) is 3.36. The van der Waals surface area contributed by atoms with Crippen molar-refractivity contribution < 1.29 is 27.5 Å². The minimum absolute atomic E-state index is 0.0165. The van der Waals surface area contributed by atoms with E-state index < -0.39 is 29.6 Å². The Hall–Kier alpha value is -3.40. The highest BCUT2D eigenvalue weighted by atomic mass is 35.5. The third-order valence-corrected chi connectivity index (χ3v) is 6.82. The van der Waals surface area contributed by atoms with Gasteiger partial charge in [0.05, 0.1) is 23.9 Å². The summed E-state index contributed by atoms with van der Waals surface area (Å²) in [5.41, 5.74) is 1.22. The van der Waals surface area contributed by atoms with Crippen LogP contribution >= 0.6 is 23.2 Å². The lowest BCUT2D eigenvalue weighted by Crippen LogP contribution is -2.42. The summed E-state index contributed by atoms with van der Waals surface area (Å²) in [4.78, 5) is 28.1. The van der Waals surface area contributed by atoms with Gasteiger partial charge in [-0.25, -0.2) is 5.01 Å². The first kappa shape index (κ1) is 28.6. The van der Waals surface area contributed by atoms with Gasteiger partial charge in [-0.1, -0.05) is 53.5 Å². The highest BCUT2D eigenvalue weighted by Crippen LogP contribution is 2.35. The molecule has 6 nitrogen and oxygen atoms in total. The van der Waals surface area contributed by atoms with Crippen LogP contribution in [0.2, 0.25) is 10.0 Å². The lowest BCUT2D eigenvalue weighted by atomic mass is 9.98. The Labute approximate surface area is 233 Å². The largest absolute Gasteiger partial charge is 0.416 e. The van der Waals surface area contributed by atoms with E-state index in [0.717, 1.165) is 29.8 Å². The number of alkyl halides is 3. The molecular formula is C28H24Cl2F3N3O3. The molecule has 1 atom stereocenters. The lowest BCUT2D eigenvalue weighted by Gasteiger charge is -2.27. The number of halogens is 5. The number of benzene rings is 3. The molecule has 0 saturated heterocycles. The quantitative estimate of drug-likeness (QED) is 0.308. The molecule has 1 aliphatic heterocycles. The van der Waals surface area contributed by atoms with Crippen molar-refractivity contribution in [3.05, 3.63) is 105 Å². The van der Waals surface area contributed by atoms with E-state index in [2.05, 4.69) is 5.10 Å². The van der Waals surface area contributed by atoms with Crippen LogP contribution in [0.15, 0.2) is 77.9 Å². The predicted molar refractivity (Wildman–Crippen MR) is 143 cm³/mol. The van der Waals surface area contributed by atoms with Gasteiger partial charge in [-0.2, -0.15) is 18.3 Å². The molecule has 0 N–H and O–H groups in total. The van der Waals surface area contributed by atoms with Crippen LogP contribution in [0.1, 0.15) is 39.5 Å². The van der Waals surface area contributed by atoms with Gasteiger partial charge in [-0.15, -0.1) is 0 Å². The fourth-order valence-electron chi connectivity index (χ4n) is 4.22. The molecule has 2 amide bonds. The van der Waals surface area contributed by atoms with Gasteiger partial charge in [0.1, 0.15) is 6.54 Å². The van der Waals surface area contributed by atoms with Crippen LogP contribution < -0.4 is 0 Å². The molecule has 4 rings (SSSR count). The van der Waals surface area contributed by atoms with Crippen molar-refractivity contribution in [2.75, 3.05) is 26.8 Å². The Kier molecular flexibility index (Phi) is 8.94. The minimum atomic E-state index is -4.53. The molecule has 39 heavy (non-hydrogen) atoms. The van der Waals surface area contributed by atoms with Gasteiger partial charge in [0.2, 0.25) is 0 Å². The molecular weight excluding hydrogens is 554 g/mol. The summed E-state index contributed by atoms with van der Waals surface area (Å²) < 4.78 is 44.0. The highest BCUT2D eigenvalue weighted by Gasteiger charge is 2.35. The van der Waals surface area contributed by atoms with E-state index in [1.165, 1.54) is 17.0 Å². The zero-order chi connectivity index (χ0) is 28.2. The van der Waals surface area contributed by atoms with Crippen LogP contribution in [0.5, 0.6) is 0 Å². The molecule has 0 saturated carbocycles. The van der Waals surface area contributed by atoms with Crippen molar-refractivity contribution in [3.8, 4) is 0 Å². The van der Waals surface area contributed by atoms with E-state index in [-0.39, 0.29) is 25.3 Å². The molecule has 0 aromatic heterocycles. The number of hydrogen-bond acceptors (Lipinski definition) is 4. The summed E-state index contributed by atoms with van der Waals surface area (Å²) >= 11 is 12.5. The maximum absolute atomic E-state index is 13.6. The fourth-order valence-corrected chi connectivity index (χ4v) is 4.59. The molecule has 1 heterocycles. The number of nitrogens with zero attached hydrogens (tertiary/aromatic N) is 3. The number of hydrogen-bond donors (Lipinski definition) is 0. The summed E-state index contributed by atoms with van der Waals surface area (Å²) in [5, 5.41) is 6.94. The van der Waals surface area contributed by atoms with Crippen LogP contribution in [0.4, 0.5) is 13.2 Å². The summed E-state index contributed by atoms with van der Waals surface area (Å²) in [6.07, 6.45) is -4.15. The molecule has 11 heteroatoms. The van der Waals surface area contributed by atoms with E-state index in [1.54, 1.807) is 36.4 Å². The molecule has 3 aromatic rings. The first-order chi connectivity index (χ1) is 18.6. The second-order valence-corrected chi connectivity index (χ2v) is 9.67. The van der Waals surface area contributed by atoms with Crippen LogP contribution in [0.25, 0.3) is 0 Å². The van der Waals surface area contributed by atoms with E-state index in [1.807, 2.05) is 12.1 Å². The van der Waals surface area contributed by atoms with Gasteiger partial charge in [0, 0.05) is 41.2 Å². The Morgan fingerprint density at radius 2 is 1.69 bits per heavy atom. The van der Waals surface area contributed by atoms with Gasteiger partial charge in [-0.3, -0.25) is 9.59 Å². The summed E-state index contributed by atoms with van der Waals surface area (Å²) in [7, 11) is 1.44. The van der Waals surface area contributed by atoms with Crippen molar-refractivity contribution >= 4 is 40.7 Å². The van der Waals surface area contributed by atoms with Crippen LogP contribution in [0.3, 0.4) is 0 Å². The van der Waals surface area contributed by atoms with Crippen LogP contribution in [-0.4, -0.2) is 54.2 Å². The topological polar surface area (TPSA) is 62.2 Å². The molecule has 0 unspecified atom stereocenters. The van der Waals surface area contributed by atoms with Crippen molar-refractivity contribution in [1.82, 2.24) is 9.91 Å². The van der Waals surface area contributed by atoms with Gasteiger partial charge < -0.3 is 9.64 Å². The van der Waals surface area contributed by atoms with Gasteiger partial charge in [-0.05, 0) is 48.0 Å². The predicted octanol–water partition coefficient (Wildman–Crippen LogP) is 6.48. The molecule has 0 radical (unpaired) electrons. The molecule has 204 valence electrons. The van der Waals surface area contributed by atoms with Crippen molar-refractivity contribution in [1.29, 1.82) is 0 Å². The maximum Gasteiger partial charge on any atom is 0.416 e. The number of carbonyl (C=O) groups excluding carboxylic acids is 2. The van der Waals surface area contributed by atoms with Gasteiger partial charge in [0.15, 0.2) is 0 Å². The second kappa shape index (κ2) is 12.2. The van der Waals surface area contributed by atoms with Crippen LogP contribution in [0, 0.1) is 0 Å². The summed E-state index contributed by atoms with van der Waals surface area (Å²) in [6, 6.07) is 17.6. The molecule has 3 aromatic carbocycles. The van der Waals surface area contributed by atoms with E-state index >= 15 is 0 Å². The Morgan fingerprint density at radius 3 is 2.31 bits per heavy atom. The smallest absolute Gasteiger partial charge is 0.383 e. The van der Waals surface area contributed by atoms with E-state index in [0.29, 0.717) is 27.7 Å². The fraction of sp³-hybridized carbons (Fsp3) is 0.250. The third kappa shape index (κ3) is 6.79. The Balaban J connectivity index is 1.62. The highest BCUT2D eigenvalue weighted by molar-refractivity contribution is 6.34. The Morgan fingerprint density at radius 1 is 1.03 bits per heavy atom. The second-order valence-electron chi connectivity index (χ2n) is 8.83. The zero-order valence-electron chi connectivity index (χ0n) is 20.8. The lowest BCUT2D eigenvalue weighted by molar-refractivity contribution is -0.137. The standard InChI is InChI=1S/C28H24Cl2F3N3O3/c1-39-15-14-35(27(38)19-6-10-20(11-7-19)28(31,32)33)17-26(37)36-25(18-8-12-21(29)13-9-18)16-24(34-36)22-4-2-3-5-23(22)30/h2-13,25H,14-17H2,1H3/t25-/m0/s1. The van der Waals surface area contributed by atoms with E-state index in [9.17, 15) is 22.8 Å². The number of amides is 2. The normalized spacial score (nSPS) is 15.3. The third-order valence-electron chi connectivity index (χ3n) is 6.24. The van der Waals surface area contributed by atoms with Gasteiger partial charge in [0.25, 0.3) is 11.8 Å². The first-order valence-electron chi connectivity index (χ1n) is 11.9. The Bertz CT molecular complexity index is 1360. The number of methoxy groups -OCH3 is 1. The first-order valence-corrected chi connectivity index (χ1v) is 12.7.